The highest BCUT2D eigenvalue weighted by Gasteiger charge is 2.41. The highest BCUT2D eigenvalue weighted by atomic mass is 16.2. The van der Waals surface area contributed by atoms with Gasteiger partial charge in [0.2, 0.25) is 5.91 Å². The Morgan fingerprint density at radius 3 is 2.60 bits per heavy atom. The van der Waals surface area contributed by atoms with Gasteiger partial charge in [-0.1, -0.05) is 6.42 Å². The zero-order chi connectivity index (χ0) is 10.3. The Kier molecular flexibility index (Phi) is 2.43. The summed E-state index contributed by atoms with van der Waals surface area (Å²) in [5.41, 5.74) is 0. The van der Waals surface area contributed by atoms with Crippen LogP contribution in [-0.2, 0) is 4.79 Å². The SMILES string of the molecule is O=C(C1CCC1)N1C2CCNCC1CC2. The summed E-state index contributed by atoms with van der Waals surface area (Å²) in [5, 5.41) is 3.44. The molecule has 1 aliphatic carbocycles. The lowest BCUT2D eigenvalue weighted by Crippen LogP contribution is -2.46. The van der Waals surface area contributed by atoms with Gasteiger partial charge in [0.05, 0.1) is 0 Å². The molecule has 15 heavy (non-hydrogen) atoms. The molecule has 3 nitrogen and oxygen atoms in total. The molecule has 0 aromatic rings. The molecule has 2 saturated heterocycles. The molecular weight excluding hydrogens is 188 g/mol. The second kappa shape index (κ2) is 3.78. The van der Waals surface area contributed by atoms with Crippen molar-refractivity contribution in [3.8, 4) is 0 Å². The van der Waals surface area contributed by atoms with Gasteiger partial charge in [0, 0.05) is 24.5 Å². The van der Waals surface area contributed by atoms with Gasteiger partial charge < -0.3 is 10.2 Å². The number of rotatable bonds is 1. The normalized spacial score (nSPS) is 36.1. The number of nitrogens with one attached hydrogen (secondary N) is 1. The molecule has 1 amide bonds. The van der Waals surface area contributed by atoms with Crippen LogP contribution >= 0.6 is 0 Å². The molecule has 84 valence electrons. The van der Waals surface area contributed by atoms with Crippen LogP contribution in [-0.4, -0.2) is 36.0 Å². The zero-order valence-corrected chi connectivity index (χ0v) is 9.24. The number of nitrogens with zero attached hydrogens (tertiary/aromatic N) is 1. The lowest BCUT2D eigenvalue weighted by Gasteiger charge is -2.35. The van der Waals surface area contributed by atoms with Crippen molar-refractivity contribution in [2.75, 3.05) is 13.1 Å². The van der Waals surface area contributed by atoms with Gasteiger partial charge in [0.25, 0.3) is 0 Å². The summed E-state index contributed by atoms with van der Waals surface area (Å²) in [5.74, 6) is 0.851. The van der Waals surface area contributed by atoms with E-state index in [4.69, 9.17) is 0 Å². The van der Waals surface area contributed by atoms with Crippen LogP contribution in [0.4, 0.5) is 0 Å². The van der Waals surface area contributed by atoms with E-state index in [1.54, 1.807) is 0 Å². The largest absolute Gasteiger partial charge is 0.335 e. The summed E-state index contributed by atoms with van der Waals surface area (Å²) in [6, 6.07) is 1.06. The summed E-state index contributed by atoms with van der Waals surface area (Å²) >= 11 is 0. The summed E-state index contributed by atoms with van der Waals surface area (Å²) in [6.45, 7) is 2.12. The van der Waals surface area contributed by atoms with Crippen molar-refractivity contribution >= 4 is 5.91 Å². The van der Waals surface area contributed by atoms with Gasteiger partial charge in [0.15, 0.2) is 0 Å². The van der Waals surface area contributed by atoms with E-state index in [9.17, 15) is 4.79 Å². The molecular formula is C12H20N2O. The minimum Gasteiger partial charge on any atom is -0.335 e. The fourth-order valence-corrected chi connectivity index (χ4v) is 3.21. The molecule has 0 radical (unpaired) electrons. The third-order valence-electron chi connectivity index (χ3n) is 4.36. The fraction of sp³-hybridized carbons (Fsp3) is 0.917. The van der Waals surface area contributed by atoms with Crippen LogP contribution in [0.25, 0.3) is 0 Å². The topological polar surface area (TPSA) is 32.3 Å². The lowest BCUT2D eigenvalue weighted by atomic mass is 9.84. The van der Waals surface area contributed by atoms with Gasteiger partial charge >= 0.3 is 0 Å². The third-order valence-corrected chi connectivity index (χ3v) is 4.36. The van der Waals surface area contributed by atoms with Gasteiger partial charge in [-0.2, -0.15) is 0 Å². The molecule has 2 heterocycles. The first kappa shape index (κ1) is 9.64. The minimum absolute atomic E-state index is 0.381. The van der Waals surface area contributed by atoms with E-state index in [-0.39, 0.29) is 0 Å². The zero-order valence-electron chi connectivity index (χ0n) is 9.24. The molecule has 1 N–H and O–H groups in total. The average Bonchev–Trinajstić information content (AvgIpc) is 2.36. The Morgan fingerprint density at radius 2 is 1.87 bits per heavy atom. The second-order valence-electron chi connectivity index (χ2n) is 5.25. The average molecular weight is 208 g/mol. The Hall–Kier alpha value is -0.570. The fourth-order valence-electron chi connectivity index (χ4n) is 3.21. The summed E-state index contributed by atoms with van der Waals surface area (Å²) in [4.78, 5) is 14.5. The Balaban J connectivity index is 1.75. The molecule has 2 bridgehead atoms. The van der Waals surface area contributed by atoms with E-state index < -0.39 is 0 Å². The summed E-state index contributed by atoms with van der Waals surface area (Å²) in [6.07, 6.45) is 7.16. The summed E-state index contributed by atoms with van der Waals surface area (Å²) < 4.78 is 0. The van der Waals surface area contributed by atoms with Crippen LogP contribution in [0.2, 0.25) is 0 Å². The van der Waals surface area contributed by atoms with Crippen molar-refractivity contribution in [3.05, 3.63) is 0 Å². The van der Waals surface area contributed by atoms with E-state index in [0.717, 1.165) is 32.4 Å². The molecule has 3 rings (SSSR count). The van der Waals surface area contributed by atoms with Gasteiger partial charge in [-0.15, -0.1) is 0 Å². The molecule has 0 spiro atoms. The van der Waals surface area contributed by atoms with Gasteiger partial charge in [0.1, 0.15) is 0 Å². The van der Waals surface area contributed by atoms with Gasteiger partial charge in [-0.05, 0) is 38.6 Å². The van der Waals surface area contributed by atoms with E-state index in [1.165, 1.54) is 19.3 Å². The molecule has 0 aromatic carbocycles. The van der Waals surface area contributed by atoms with Gasteiger partial charge in [-0.3, -0.25) is 4.79 Å². The van der Waals surface area contributed by atoms with Crippen LogP contribution in [0, 0.1) is 5.92 Å². The van der Waals surface area contributed by atoms with Gasteiger partial charge in [-0.25, -0.2) is 0 Å². The molecule has 2 atom stereocenters. The molecule has 2 unspecified atom stereocenters. The molecule has 3 aliphatic rings. The maximum Gasteiger partial charge on any atom is 0.226 e. The van der Waals surface area contributed by atoms with Crippen LogP contribution < -0.4 is 5.32 Å². The van der Waals surface area contributed by atoms with E-state index in [1.807, 2.05) is 0 Å². The monoisotopic (exact) mass is 208 g/mol. The van der Waals surface area contributed by atoms with Crippen LogP contribution in [0.1, 0.15) is 38.5 Å². The Labute approximate surface area is 91.2 Å². The number of carbonyl (C=O) groups is 1. The maximum atomic E-state index is 12.3. The molecule has 2 aliphatic heterocycles. The number of amides is 1. The van der Waals surface area contributed by atoms with Crippen molar-refractivity contribution in [3.63, 3.8) is 0 Å². The summed E-state index contributed by atoms with van der Waals surface area (Å²) in [7, 11) is 0. The Morgan fingerprint density at radius 1 is 1.07 bits per heavy atom. The van der Waals surface area contributed by atoms with Crippen molar-refractivity contribution in [2.24, 2.45) is 5.92 Å². The first-order valence-corrected chi connectivity index (χ1v) is 6.39. The van der Waals surface area contributed by atoms with E-state index in [2.05, 4.69) is 10.2 Å². The molecule has 3 fully saturated rings. The first-order valence-electron chi connectivity index (χ1n) is 6.39. The predicted octanol–water partition coefficient (Wildman–Crippen LogP) is 1.14. The molecule has 3 heteroatoms. The number of hydrogen-bond acceptors (Lipinski definition) is 2. The van der Waals surface area contributed by atoms with Crippen molar-refractivity contribution < 1.29 is 4.79 Å². The number of hydrogen-bond donors (Lipinski definition) is 1. The Bertz CT molecular complexity index is 248. The lowest BCUT2D eigenvalue weighted by molar-refractivity contribution is -0.140. The van der Waals surface area contributed by atoms with E-state index in [0.29, 0.717) is 23.9 Å². The van der Waals surface area contributed by atoms with E-state index >= 15 is 0 Å². The second-order valence-corrected chi connectivity index (χ2v) is 5.25. The van der Waals surface area contributed by atoms with Crippen LogP contribution in [0.5, 0.6) is 0 Å². The number of carbonyl (C=O) groups excluding carboxylic acids is 1. The van der Waals surface area contributed by atoms with Crippen LogP contribution in [0.3, 0.4) is 0 Å². The maximum absolute atomic E-state index is 12.3. The number of fused-ring (bicyclic) bond motifs is 2. The minimum atomic E-state index is 0.381. The van der Waals surface area contributed by atoms with Crippen molar-refractivity contribution in [2.45, 2.75) is 50.6 Å². The van der Waals surface area contributed by atoms with Crippen LogP contribution in [0.15, 0.2) is 0 Å². The highest BCUT2D eigenvalue weighted by molar-refractivity contribution is 5.80. The third kappa shape index (κ3) is 1.57. The van der Waals surface area contributed by atoms with Crippen molar-refractivity contribution in [1.29, 1.82) is 0 Å². The highest BCUT2D eigenvalue weighted by Crippen LogP contribution is 2.35. The first-order chi connectivity index (χ1) is 7.36. The quantitative estimate of drug-likeness (QED) is 0.701. The standard InChI is InChI=1S/C12H20N2O/c15-12(9-2-1-3-9)14-10-4-5-11(14)8-13-7-6-10/h9-11,13H,1-8H2. The van der Waals surface area contributed by atoms with Crippen molar-refractivity contribution in [1.82, 2.24) is 10.2 Å². The predicted molar refractivity (Wildman–Crippen MR) is 58.5 cm³/mol. The molecule has 1 saturated carbocycles. The molecule has 0 aromatic heterocycles. The smallest absolute Gasteiger partial charge is 0.226 e.